The molecule has 0 unspecified atom stereocenters. The van der Waals surface area contributed by atoms with Crippen molar-refractivity contribution in [2.24, 2.45) is 0 Å². The quantitative estimate of drug-likeness (QED) is 0.844. The summed E-state index contributed by atoms with van der Waals surface area (Å²) in [6.07, 6.45) is 0. The zero-order valence-electron chi connectivity index (χ0n) is 12.0. The number of pyridine rings is 1. The Morgan fingerprint density at radius 3 is 2.65 bits per heavy atom. The van der Waals surface area contributed by atoms with Crippen LogP contribution in [0.4, 0.5) is 0 Å². The molecule has 2 aromatic rings. The van der Waals surface area contributed by atoms with E-state index in [0.717, 1.165) is 28.3 Å². The summed E-state index contributed by atoms with van der Waals surface area (Å²) in [7, 11) is 0. The molecule has 1 N–H and O–H groups in total. The van der Waals surface area contributed by atoms with Gasteiger partial charge in [-0.1, -0.05) is 40.7 Å². The van der Waals surface area contributed by atoms with Crippen LogP contribution in [0.25, 0.3) is 0 Å². The SMILES string of the molecule is CCNCc1ccc(Sc2cc(C)cc(C)n2)cc1Br. The number of hydrogen-bond acceptors (Lipinski definition) is 3. The molecular formula is C16H19BrN2S. The molecule has 106 valence electrons. The van der Waals surface area contributed by atoms with E-state index < -0.39 is 0 Å². The van der Waals surface area contributed by atoms with Crippen molar-refractivity contribution in [2.75, 3.05) is 6.54 Å². The predicted molar refractivity (Wildman–Crippen MR) is 89.4 cm³/mol. The molecule has 2 nitrogen and oxygen atoms in total. The van der Waals surface area contributed by atoms with Gasteiger partial charge in [-0.15, -0.1) is 0 Å². The average Bonchev–Trinajstić information content (AvgIpc) is 2.36. The van der Waals surface area contributed by atoms with Gasteiger partial charge in [-0.25, -0.2) is 4.98 Å². The fourth-order valence-electron chi connectivity index (χ4n) is 1.97. The zero-order chi connectivity index (χ0) is 14.5. The van der Waals surface area contributed by atoms with Gasteiger partial charge in [0.15, 0.2) is 0 Å². The van der Waals surface area contributed by atoms with Gasteiger partial charge < -0.3 is 5.32 Å². The molecule has 0 aliphatic rings. The van der Waals surface area contributed by atoms with E-state index >= 15 is 0 Å². The summed E-state index contributed by atoms with van der Waals surface area (Å²) in [5.74, 6) is 0. The summed E-state index contributed by atoms with van der Waals surface area (Å²) >= 11 is 5.35. The van der Waals surface area contributed by atoms with Crippen molar-refractivity contribution < 1.29 is 0 Å². The Balaban J connectivity index is 2.15. The van der Waals surface area contributed by atoms with Crippen LogP contribution in [0.5, 0.6) is 0 Å². The highest BCUT2D eigenvalue weighted by atomic mass is 79.9. The number of rotatable bonds is 5. The average molecular weight is 351 g/mol. The number of benzene rings is 1. The number of aromatic nitrogens is 1. The maximum Gasteiger partial charge on any atom is 0.101 e. The first-order valence-electron chi connectivity index (χ1n) is 6.70. The molecule has 1 aromatic carbocycles. The lowest BCUT2D eigenvalue weighted by Crippen LogP contribution is -2.11. The molecular weight excluding hydrogens is 332 g/mol. The topological polar surface area (TPSA) is 24.9 Å². The third-order valence-corrected chi connectivity index (χ3v) is 4.53. The monoisotopic (exact) mass is 350 g/mol. The van der Waals surface area contributed by atoms with E-state index in [4.69, 9.17) is 0 Å². The van der Waals surface area contributed by atoms with E-state index in [9.17, 15) is 0 Å². The van der Waals surface area contributed by atoms with Gasteiger partial charge in [-0.3, -0.25) is 0 Å². The highest BCUT2D eigenvalue weighted by Gasteiger charge is 2.05. The smallest absolute Gasteiger partial charge is 0.101 e. The van der Waals surface area contributed by atoms with Gasteiger partial charge in [-0.2, -0.15) is 0 Å². The van der Waals surface area contributed by atoms with Crippen LogP contribution in [0, 0.1) is 13.8 Å². The first-order valence-corrected chi connectivity index (χ1v) is 8.31. The van der Waals surface area contributed by atoms with Crippen LogP contribution in [0.1, 0.15) is 23.7 Å². The summed E-state index contributed by atoms with van der Waals surface area (Å²) in [6.45, 7) is 8.13. The minimum absolute atomic E-state index is 0.893. The molecule has 0 saturated carbocycles. The van der Waals surface area contributed by atoms with Crippen LogP contribution in [0.15, 0.2) is 44.7 Å². The van der Waals surface area contributed by atoms with E-state index in [2.05, 4.69) is 70.4 Å². The Kier molecular flexibility index (Phi) is 5.64. The van der Waals surface area contributed by atoms with Gasteiger partial charge in [0.1, 0.15) is 5.03 Å². The highest BCUT2D eigenvalue weighted by molar-refractivity contribution is 9.10. The van der Waals surface area contributed by atoms with Crippen molar-refractivity contribution in [1.29, 1.82) is 0 Å². The number of nitrogens with zero attached hydrogens (tertiary/aromatic N) is 1. The maximum atomic E-state index is 4.57. The third-order valence-electron chi connectivity index (χ3n) is 2.89. The molecule has 0 atom stereocenters. The van der Waals surface area contributed by atoms with Gasteiger partial charge in [-0.05, 0) is 55.8 Å². The maximum absolute atomic E-state index is 4.57. The van der Waals surface area contributed by atoms with Crippen molar-refractivity contribution >= 4 is 27.7 Å². The largest absolute Gasteiger partial charge is 0.313 e. The first kappa shape index (κ1) is 15.5. The van der Waals surface area contributed by atoms with E-state index in [1.807, 2.05) is 6.92 Å². The normalized spacial score (nSPS) is 10.8. The van der Waals surface area contributed by atoms with Gasteiger partial charge in [0.05, 0.1) is 0 Å². The second-order valence-electron chi connectivity index (χ2n) is 4.76. The van der Waals surface area contributed by atoms with Crippen LogP contribution >= 0.6 is 27.7 Å². The molecule has 20 heavy (non-hydrogen) atoms. The molecule has 0 aliphatic carbocycles. The molecule has 2 rings (SSSR count). The Morgan fingerprint density at radius 1 is 1.20 bits per heavy atom. The van der Waals surface area contributed by atoms with E-state index in [1.165, 1.54) is 16.0 Å². The van der Waals surface area contributed by atoms with Crippen LogP contribution in [0.2, 0.25) is 0 Å². The summed E-state index contributed by atoms with van der Waals surface area (Å²) in [4.78, 5) is 5.77. The molecule has 0 bridgehead atoms. The number of hydrogen-bond donors (Lipinski definition) is 1. The molecule has 0 radical (unpaired) electrons. The standard InChI is InChI=1S/C16H19BrN2S/c1-4-18-10-13-5-6-14(9-15(13)17)20-16-8-11(2)7-12(3)19-16/h5-9,18H,4,10H2,1-3H3. The van der Waals surface area contributed by atoms with E-state index in [0.29, 0.717) is 0 Å². The van der Waals surface area contributed by atoms with Crippen molar-refractivity contribution in [3.63, 3.8) is 0 Å². The van der Waals surface area contributed by atoms with Crippen molar-refractivity contribution in [3.8, 4) is 0 Å². The summed E-state index contributed by atoms with van der Waals surface area (Å²) < 4.78 is 1.15. The van der Waals surface area contributed by atoms with Gasteiger partial charge in [0.2, 0.25) is 0 Å². The van der Waals surface area contributed by atoms with Crippen molar-refractivity contribution in [2.45, 2.75) is 37.2 Å². The molecule has 0 spiro atoms. The Morgan fingerprint density at radius 2 is 2.00 bits per heavy atom. The second kappa shape index (κ2) is 7.25. The molecule has 1 heterocycles. The Hall–Kier alpha value is -0.840. The summed E-state index contributed by atoms with van der Waals surface area (Å²) in [6, 6.07) is 10.7. The molecule has 0 saturated heterocycles. The lowest BCUT2D eigenvalue weighted by atomic mass is 10.2. The second-order valence-corrected chi connectivity index (χ2v) is 6.71. The summed E-state index contributed by atoms with van der Waals surface area (Å²) in [5.41, 5.74) is 3.60. The Labute approximate surface area is 133 Å². The van der Waals surface area contributed by atoms with Crippen molar-refractivity contribution in [3.05, 3.63) is 51.6 Å². The third kappa shape index (κ3) is 4.33. The van der Waals surface area contributed by atoms with Gasteiger partial charge in [0.25, 0.3) is 0 Å². The lowest BCUT2D eigenvalue weighted by molar-refractivity contribution is 0.724. The lowest BCUT2D eigenvalue weighted by Gasteiger charge is -2.08. The molecule has 4 heteroatoms. The van der Waals surface area contributed by atoms with Gasteiger partial charge >= 0.3 is 0 Å². The number of aryl methyl sites for hydroxylation is 2. The molecule has 0 aliphatic heterocycles. The fourth-order valence-corrected chi connectivity index (χ4v) is 3.63. The molecule has 0 amide bonds. The van der Waals surface area contributed by atoms with Crippen molar-refractivity contribution in [1.82, 2.24) is 10.3 Å². The molecule has 0 fully saturated rings. The molecule has 1 aromatic heterocycles. The minimum atomic E-state index is 0.893. The Bertz CT molecular complexity index is 579. The van der Waals surface area contributed by atoms with Crippen LogP contribution in [-0.2, 0) is 6.54 Å². The zero-order valence-corrected chi connectivity index (χ0v) is 14.4. The number of halogens is 1. The predicted octanol–water partition coefficient (Wildman–Crippen LogP) is 4.72. The number of nitrogens with one attached hydrogen (secondary N) is 1. The highest BCUT2D eigenvalue weighted by Crippen LogP contribution is 2.30. The van der Waals surface area contributed by atoms with E-state index in [1.54, 1.807) is 11.8 Å². The van der Waals surface area contributed by atoms with Crippen LogP contribution in [-0.4, -0.2) is 11.5 Å². The van der Waals surface area contributed by atoms with Crippen LogP contribution in [0.3, 0.4) is 0 Å². The first-order chi connectivity index (χ1) is 9.58. The van der Waals surface area contributed by atoms with E-state index in [-0.39, 0.29) is 0 Å². The summed E-state index contributed by atoms with van der Waals surface area (Å²) in [5, 5.41) is 4.39. The fraction of sp³-hybridized carbons (Fsp3) is 0.312. The minimum Gasteiger partial charge on any atom is -0.313 e. The van der Waals surface area contributed by atoms with Gasteiger partial charge in [0, 0.05) is 21.6 Å². The van der Waals surface area contributed by atoms with Crippen LogP contribution < -0.4 is 5.32 Å².